The molecule has 0 aliphatic rings. The summed E-state index contributed by atoms with van der Waals surface area (Å²) < 4.78 is 0. The van der Waals surface area contributed by atoms with Gasteiger partial charge in [0.1, 0.15) is 0 Å². The molecule has 2 unspecified atom stereocenters. The van der Waals surface area contributed by atoms with Gasteiger partial charge in [-0.15, -0.1) is 0 Å². The van der Waals surface area contributed by atoms with E-state index in [1.807, 2.05) is 44.2 Å². The molecular formula is C15H22O3. The zero-order valence-electron chi connectivity index (χ0n) is 11.1. The third-order valence-corrected chi connectivity index (χ3v) is 3.53. The zero-order valence-corrected chi connectivity index (χ0v) is 11.1. The molecule has 1 aromatic rings. The van der Waals surface area contributed by atoms with Gasteiger partial charge in [0.2, 0.25) is 0 Å². The molecule has 0 aliphatic carbocycles. The minimum atomic E-state index is -1.59. The first kappa shape index (κ1) is 14.7. The van der Waals surface area contributed by atoms with Gasteiger partial charge in [0, 0.05) is 0 Å². The SMILES string of the molecule is CCCC(O)(C(=O)O)C(C)CCc1ccccc1. The smallest absolute Gasteiger partial charge is 0.335 e. The summed E-state index contributed by atoms with van der Waals surface area (Å²) in [6.07, 6.45) is 2.44. The molecule has 0 amide bonds. The van der Waals surface area contributed by atoms with E-state index in [1.165, 1.54) is 5.56 Å². The van der Waals surface area contributed by atoms with Gasteiger partial charge in [-0.25, -0.2) is 4.79 Å². The summed E-state index contributed by atoms with van der Waals surface area (Å²) in [5.74, 6) is -1.36. The molecule has 2 atom stereocenters. The Labute approximate surface area is 108 Å². The molecule has 0 saturated carbocycles. The lowest BCUT2D eigenvalue weighted by Gasteiger charge is -2.29. The van der Waals surface area contributed by atoms with Gasteiger partial charge >= 0.3 is 5.97 Å². The van der Waals surface area contributed by atoms with Crippen molar-refractivity contribution in [3.8, 4) is 0 Å². The van der Waals surface area contributed by atoms with Crippen molar-refractivity contribution in [2.24, 2.45) is 5.92 Å². The average molecular weight is 250 g/mol. The molecule has 2 N–H and O–H groups in total. The fourth-order valence-electron chi connectivity index (χ4n) is 2.21. The highest BCUT2D eigenvalue weighted by atomic mass is 16.4. The third kappa shape index (κ3) is 3.57. The van der Waals surface area contributed by atoms with Crippen molar-refractivity contribution in [3.63, 3.8) is 0 Å². The Bertz CT molecular complexity index is 375. The summed E-state index contributed by atoms with van der Waals surface area (Å²) in [7, 11) is 0. The lowest BCUT2D eigenvalue weighted by molar-refractivity contribution is -0.165. The van der Waals surface area contributed by atoms with Crippen LogP contribution >= 0.6 is 0 Å². The number of rotatable bonds is 7. The highest BCUT2D eigenvalue weighted by molar-refractivity contribution is 5.77. The van der Waals surface area contributed by atoms with Gasteiger partial charge < -0.3 is 10.2 Å². The van der Waals surface area contributed by atoms with Crippen LogP contribution in [0.4, 0.5) is 0 Å². The molecule has 3 nitrogen and oxygen atoms in total. The number of carboxylic acids is 1. The summed E-state index contributed by atoms with van der Waals surface area (Å²) in [6, 6.07) is 9.93. The Balaban J connectivity index is 2.63. The number of aliphatic hydroxyl groups is 1. The molecule has 1 aromatic carbocycles. The lowest BCUT2D eigenvalue weighted by Crippen LogP contribution is -2.44. The van der Waals surface area contributed by atoms with Crippen molar-refractivity contribution in [1.82, 2.24) is 0 Å². The van der Waals surface area contributed by atoms with Crippen molar-refractivity contribution in [1.29, 1.82) is 0 Å². The molecule has 0 aromatic heterocycles. The van der Waals surface area contributed by atoms with Crippen molar-refractivity contribution in [3.05, 3.63) is 35.9 Å². The number of hydrogen-bond donors (Lipinski definition) is 2. The first-order valence-electron chi connectivity index (χ1n) is 6.50. The minimum absolute atomic E-state index is 0.254. The van der Waals surface area contributed by atoms with Gasteiger partial charge in [-0.05, 0) is 30.7 Å². The largest absolute Gasteiger partial charge is 0.479 e. The van der Waals surface area contributed by atoms with E-state index in [4.69, 9.17) is 0 Å². The summed E-state index contributed by atoms with van der Waals surface area (Å²) in [4.78, 5) is 11.2. The molecule has 18 heavy (non-hydrogen) atoms. The summed E-state index contributed by atoms with van der Waals surface area (Å²) in [6.45, 7) is 3.70. The Morgan fingerprint density at radius 3 is 2.44 bits per heavy atom. The molecule has 0 heterocycles. The summed E-state index contributed by atoms with van der Waals surface area (Å²) in [5.41, 5.74) is -0.419. The van der Waals surface area contributed by atoms with Crippen LogP contribution in [0.3, 0.4) is 0 Å². The Kier molecular flexibility index (Phi) is 5.35. The highest BCUT2D eigenvalue weighted by Crippen LogP contribution is 2.27. The number of aryl methyl sites for hydroxylation is 1. The number of carbonyl (C=O) groups is 1. The maximum Gasteiger partial charge on any atom is 0.335 e. The van der Waals surface area contributed by atoms with Gasteiger partial charge in [-0.2, -0.15) is 0 Å². The van der Waals surface area contributed by atoms with Crippen LogP contribution in [0.5, 0.6) is 0 Å². The minimum Gasteiger partial charge on any atom is -0.479 e. The molecule has 0 radical (unpaired) electrons. The van der Waals surface area contributed by atoms with Crippen molar-refractivity contribution < 1.29 is 15.0 Å². The van der Waals surface area contributed by atoms with Crippen LogP contribution in [0.1, 0.15) is 38.7 Å². The molecule has 0 fully saturated rings. The second-order valence-electron chi connectivity index (χ2n) is 4.90. The van der Waals surface area contributed by atoms with Crippen LogP contribution < -0.4 is 0 Å². The Morgan fingerprint density at radius 1 is 1.33 bits per heavy atom. The fraction of sp³-hybridized carbons (Fsp3) is 0.533. The van der Waals surface area contributed by atoms with Crippen LogP contribution in [0.2, 0.25) is 0 Å². The normalized spacial score (nSPS) is 15.9. The highest BCUT2D eigenvalue weighted by Gasteiger charge is 2.40. The Morgan fingerprint density at radius 2 is 1.94 bits per heavy atom. The van der Waals surface area contributed by atoms with Gasteiger partial charge in [0.05, 0.1) is 0 Å². The van der Waals surface area contributed by atoms with Crippen molar-refractivity contribution in [2.75, 3.05) is 0 Å². The van der Waals surface area contributed by atoms with Crippen LogP contribution in [-0.2, 0) is 11.2 Å². The van der Waals surface area contributed by atoms with E-state index in [-0.39, 0.29) is 5.92 Å². The fourth-order valence-corrected chi connectivity index (χ4v) is 2.21. The number of carboxylic acid groups (broad SMARTS) is 1. The second-order valence-corrected chi connectivity index (χ2v) is 4.90. The predicted molar refractivity (Wildman–Crippen MR) is 71.4 cm³/mol. The van der Waals surface area contributed by atoms with E-state index in [0.717, 1.165) is 6.42 Å². The molecule has 0 spiro atoms. The number of aliphatic carboxylic acids is 1. The maximum atomic E-state index is 11.2. The zero-order chi connectivity index (χ0) is 13.6. The Hall–Kier alpha value is -1.35. The van der Waals surface area contributed by atoms with E-state index in [9.17, 15) is 15.0 Å². The van der Waals surface area contributed by atoms with Crippen molar-refractivity contribution in [2.45, 2.75) is 45.1 Å². The van der Waals surface area contributed by atoms with Gasteiger partial charge in [-0.3, -0.25) is 0 Å². The first-order chi connectivity index (χ1) is 8.50. The van der Waals surface area contributed by atoms with Crippen LogP contribution in [0.25, 0.3) is 0 Å². The monoisotopic (exact) mass is 250 g/mol. The van der Waals surface area contributed by atoms with Crippen LogP contribution in [0.15, 0.2) is 30.3 Å². The molecule has 100 valence electrons. The van der Waals surface area contributed by atoms with Crippen molar-refractivity contribution >= 4 is 5.97 Å². The van der Waals surface area contributed by atoms with E-state index in [1.54, 1.807) is 0 Å². The molecular weight excluding hydrogens is 228 g/mol. The molecule has 0 bridgehead atoms. The van der Waals surface area contributed by atoms with Crippen LogP contribution in [-0.4, -0.2) is 21.8 Å². The van der Waals surface area contributed by atoms with Crippen LogP contribution in [0, 0.1) is 5.92 Å². The second kappa shape index (κ2) is 6.55. The van der Waals surface area contributed by atoms with Gasteiger partial charge in [-0.1, -0.05) is 50.6 Å². The van der Waals surface area contributed by atoms with E-state index >= 15 is 0 Å². The van der Waals surface area contributed by atoms with Gasteiger partial charge in [0.25, 0.3) is 0 Å². The summed E-state index contributed by atoms with van der Waals surface area (Å²) in [5, 5.41) is 19.4. The topological polar surface area (TPSA) is 57.5 Å². The summed E-state index contributed by atoms with van der Waals surface area (Å²) >= 11 is 0. The molecule has 3 heteroatoms. The lowest BCUT2D eigenvalue weighted by atomic mass is 9.81. The molecule has 0 aliphatic heterocycles. The average Bonchev–Trinajstić information content (AvgIpc) is 2.37. The molecule has 1 rings (SSSR count). The molecule has 0 saturated heterocycles. The quantitative estimate of drug-likeness (QED) is 0.782. The van der Waals surface area contributed by atoms with E-state index in [0.29, 0.717) is 19.3 Å². The number of benzene rings is 1. The van der Waals surface area contributed by atoms with E-state index in [2.05, 4.69) is 0 Å². The first-order valence-corrected chi connectivity index (χ1v) is 6.50. The third-order valence-electron chi connectivity index (χ3n) is 3.53. The predicted octanol–water partition coefficient (Wildman–Crippen LogP) is 2.87. The van der Waals surface area contributed by atoms with Gasteiger partial charge in [0.15, 0.2) is 5.60 Å². The standard InChI is InChI=1S/C15H22O3/c1-3-11-15(18,14(16)17)12(2)9-10-13-7-5-4-6-8-13/h4-8,12,18H,3,9-11H2,1-2H3,(H,16,17). The maximum absolute atomic E-state index is 11.2. The number of hydrogen-bond acceptors (Lipinski definition) is 2. The van der Waals surface area contributed by atoms with E-state index < -0.39 is 11.6 Å².